The molecule has 0 bridgehead atoms. The topological polar surface area (TPSA) is 11.4 Å². The molecule has 2 aliphatic heterocycles. The van der Waals surface area contributed by atoms with E-state index in [0.29, 0.717) is 0 Å². The molecule has 270 valence electrons. The van der Waals surface area contributed by atoms with Gasteiger partial charge >= 0.3 is 0 Å². The smallest absolute Gasteiger partial charge is 0.156 e. The maximum absolute atomic E-state index is 2.58. The van der Waals surface area contributed by atoms with Gasteiger partial charge in [0.1, 0.15) is 0 Å². The van der Waals surface area contributed by atoms with Gasteiger partial charge in [-0.2, -0.15) is 0 Å². The number of para-hydroxylation sites is 4. The third-order valence-corrected chi connectivity index (χ3v) is 16.7. The van der Waals surface area contributed by atoms with E-state index in [2.05, 4.69) is 220 Å². The van der Waals surface area contributed by atoms with Crippen LogP contribution in [0.1, 0.15) is 52.7 Å². The highest BCUT2D eigenvalue weighted by Gasteiger charge is 2.50. The Morgan fingerprint density at radius 2 is 0.800 bits per heavy atom. The summed E-state index contributed by atoms with van der Waals surface area (Å²) in [5.74, 6) is 0. The molecule has 0 N–H and O–H groups in total. The van der Waals surface area contributed by atoms with Gasteiger partial charge in [-0.1, -0.05) is 133 Å². The maximum Gasteiger partial charge on any atom is 0.156 e. The quantitative estimate of drug-likeness (QED) is 0.168. The van der Waals surface area contributed by atoms with Crippen molar-refractivity contribution in [3.8, 4) is 5.69 Å². The third kappa shape index (κ3) is 4.94. The van der Waals surface area contributed by atoms with Gasteiger partial charge in [-0.05, 0) is 110 Å². The van der Waals surface area contributed by atoms with E-state index in [1.54, 1.807) is 0 Å². The van der Waals surface area contributed by atoms with Crippen molar-refractivity contribution in [2.24, 2.45) is 0 Å². The Hall–Kier alpha value is -5.84. The van der Waals surface area contributed by atoms with E-state index in [4.69, 9.17) is 0 Å². The Kier molecular flexibility index (Phi) is 7.25. The van der Waals surface area contributed by atoms with Crippen LogP contribution in [0.25, 0.3) is 27.5 Å². The third-order valence-electron chi connectivity index (χ3n) is 12.2. The fourth-order valence-electron chi connectivity index (χ4n) is 9.39. The lowest BCUT2D eigenvalue weighted by atomic mass is 9.85. The summed E-state index contributed by atoms with van der Waals surface area (Å²) in [5.41, 5.74) is 13.8. The van der Waals surface area contributed by atoms with Crippen LogP contribution in [0, 0.1) is 0 Å². The fraction of sp³-hybridized carbons (Fsp3) is 0.176. The predicted molar refractivity (Wildman–Crippen MR) is 238 cm³/mol. The molecule has 8 aromatic rings. The van der Waals surface area contributed by atoms with E-state index < -0.39 is 8.07 Å². The first-order valence-corrected chi connectivity index (χ1v) is 22.1. The van der Waals surface area contributed by atoms with Gasteiger partial charge in [0.25, 0.3) is 0 Å². The average Bonchev–Trinajstić information content (AvgIpc) is 3.51. The molecule has 0 atom stereocenters. The number of aromatic nitrogens is 1. The predicted octanol–water partition coefficient (Wildman–Crippen LogP) is 12.0. The van der Waals surface area contributed by atoms with E-state index in [1.807, 2.05) is 0 Å². The molecule has 0 amide bonds. The zero-order valence-corrected chi connectivity index (χ0v) is 33.9. The van der Waals surface area contributed by atoms with Crippen molar-refractivity contribution in [3.63, 3.8) is 0 Å². The summed E-state index contributed by atoms with van der Waals surface area (Å²) in [7, 11) is -2.54. The average molecular weight is 730 g/mol. The maximum atomic E-state index is 2.58. The first-order valence-electron chi connectivity index (χ1n) is 19.6. The van der Waals surface area contributed by atoms with Crippen LogP contribution in [0.15, 0.2) is 158 Å². The molecule has 3 heterocycles. The van der Waals surface area contributed by atoms with Gasteiger partial charge in [0.15, 0.2) is 8.07 Å². The number of hydrogen-bond acceptors (Lipinski definition) is 2. The number of benzene rings is 7. The van der Waals surface area contributed by atoms with Gasteiger partial charge in [0.05, 0.1) is 28.1 Å². The Morgan fingerprint density at radius 3 is 1.22 bits per heavy atom. The van der Waals surface area contributed by atoms with Gasteiger partial charge in [-0.15, -0.1) is 0 Å². The Bertz CT molecular complexity index is 2620. The lowest BCUT2D eigenvalue weighted by molar-refractivity contribution is 0.590. The molecule has 7 aromatic carbocycles. The van der Waals surface area contributed by atoms with Crippen LogP contribution in [-0.4, -0.2) is 12.6 Å². The lowest BCUT2D eigenvalue weighted by Crippen LogP contribution is -2.71. The minimum atomic E-state index is -2.54. The van der Waals surface area contributed by atoms with Gasteiger partial charge in [-0.3, -0.25) is 0 Å². The van der Waals surface area contributed by atoms with Gasteiger partial charge in [-0.25, -0.2) is 0 Å². The molecule has 0 fully saturated rings. The molecule has 0 aliphatic carbocycles. The van der Waals surface area contributed by atoms with E-state index >= 15 is 0 Å². The molecular formula is C51H47N3Si. The molecule has 3 nitrogen and oxygen atoms in total. The summed E-state index contributed by atoms with van der Waals surface area (Å²) in [5, 5.41) is 6.94. The van der Waals surface area contributed by atoms with Crippen LogP contribution in [-0.2, 0) is 10.8 Å². The van der Waals surface area contributed by atoms with E-state index in [0.717, 1.165) is 5.69 Å². The highest BCUT2D eigenvalue weighted by Crippen LogP contribution is 2.48. The molecule has 1 aromatic heterocycles. The first kappa shape index (κ1) is 33.7. The van der Waals surface area contributed by atoms with Crippen LogP contribution in [0.4, 0.5) is 34.1 Å². The standard InChI is InChI=1S/C51H47N3Si/c1-50(2,3)34-26-28-41-39(30-34)40-31-35(51(4,5)6)27-29-42(40)54(41)38-32-45-49-46(33-38)53(37-20-12-9-13-21-37)44-23-15-17-25-48(44)55(49,7)47-24-16-14-22-43(47)52(45)36-18-10-8-11-19-36/h8-33H,1-7H3. The van der Waals surface area contributed by atoms with E-state index in [-0.39, 0.29) is 10.8 Å². The van der Waals surface area contributed by atoms with Gasteiger partial charge < -0.3 is 14.4 Å². The number of rotatable bonds is 3. The summed E-state index contributed by atoms with van der Waals surface area (Å²) in [6.45, 7) is 16.5. The Morgan fingerprint density at radius 1 is 0.400 bits per heavy atom. The van der Waals surface area contributed by atoms with Crippen molar-refractivity contribution < 1.29 is 0 Å². The minimum absolute atomic E-state index is 0.0302. The van der Waals surface area contributed by atoms with Crippen molar-refractivity contribution in [1.82, 2.24) is 4.57 Å². The molecule has 0 saturated heterocycles. The zero-order valence-electron chi connectivity index (χ0n) is 32.9. The van der Waals surface area contributed by atoms with Crippen LogP contribution < -0.4 is 25.4 Å². The van der Waals surface area contributed by atoms with Crippen molar-refractivity contribution in [2.75, 3.05) is 9.80 Å². The molecule has 4 heteroatoms. The second-order valence-electron chi connectivity index (χ2n) is 17.7. The molecule has 0 saturated carbocycles. The minimum Gasteiger partial charge on any atom is -0.311 e. The van der Waals surface area contributed by atoms with E-state index in [1.165, 1.54) is 82.6 Å². The van der Waals surface area contributed by atoms with E-state index in [9.17, 15) is 0 Å². The van der Waals surface area contributed by atoms with Gasteiger partial charge in [0.2, 0.25) is 0 Å². The first-order chi connectivity index (χ1) is 26.4. The highest BCUT2D eigenvalue weighted by molar-refractivity contribution is 7.14. The molecule has 55 heavy (non-hydrogen) atoms. The molecule has 0 spiro atoms. The summed E-state index contributed by atoms with van der Waals surface area (Å²) in [6, 6.07) is 59.6. The second kappa shape index (κ2) is 11.8. The summed E-state index contributed by atoms with van der Waals surface area (Å²) < 4.78 is 2.53. The number of fused-ring (bicyclic) bond motifs is 7. The molecule has 0 unspecified atom stereocenters. The van der Waals surface area contributed by atoms with Crippen molar-refractivity contribution in [3.05, 3.63) is 169 Å². The fourth-order valence-corrected chi connectivity index (χ4v) is 13.9. The molecule has 0 radical (unpaired) electrons. The van der Waals surface area contributed by atoms with Crippen LogP contribution in [0.2, 0.25) is 6.55 Å². The second-order valence-corrected chi connectivity index (χ2v) is 21.5. The number of anilines is 6. The lowest BCUT2D eigenvalue weighted by Gasteiger charge is -2.49. The van der Waals surface area contributed by atoms with Crippen LogP contribution in [0.5, 0.6) is 0 Å². The normalized spacial score (nSPS) is 14.5. The van der Waals surface area contributed by atoms with Crippen molar-refractivity contribution in [1.29, 1.82) is 0 Å². The highest BCUT2D eigenvalue weighted by atomic mass is 28.3. The van der Waals surface area contributed by atoms with Crippen molar-refractivity contribution >= 4 is 79.6 Å². The molecule has 10 rings (SSSR count). The summed E-state index contributed by atoms with van der Waals surface area (Å²) >= 11 is 0. The number of nitrogens with zero attached hydrogens (tertiary/aromatic N) is 3. The van der Waals surface area contributed by atoms with Crippen LogP contribution in [0.3, 0.4) is 0 Å². The molecular weight excluding hydrogens is 683 g/mol. The summed E-state index contributed by atoms with van der Waals surface area (Å²) in [6.07, 6.45) is 0. The SMILES string of the molecule is CC(C)(C)c1ccc2c(c1)c1cc(C(C)(C)C)ccc1n2-c1cc2c3c(c1)N(c1ccccc1)c1ccccc1[Si]3(C)c1ccccc1N2c1ccccc1. The molecule has 2 aliphatic rings. The van der Waals surface area contributed by atoms with Crippen molar-refractivity contribution in [2.45, 2.75) is 58.9 Å². The largest absolute Gasteiger partial charge is 0.311 e. The summed E-state index contributed by atoms with van der Waals surface area (Å²) in [4.78, 5) is 5.07. The zero-order chi connectivity index (χ0) is 37.9. The van der Waals surface area contributed by atoms with Gasteiger partial charge in [0, 0.05) is 33.5 Å². The monoisotopic (exact) mass is 729 g/mol. The Labute approximate surface area is 326 Å². The Balaban J connectivity index is 1.37. The van der Waals surface area contributed by atoms with Crippen LogP contribution >= 0.6 is 0 Å². The number of hydrogen-bond donors (Lipinski definition) is 0.